The summed E-state index contributed by atoms with van der Waals surface area (Å²) in [5.41, 5.74) is 4.89. The van der Waals surface area contributed by atoms with E-state index in [1.807, 2.05) is 0 Å². The Kier molecular flexibility index (Phi) is 2.62. The van der Waals surface area contributed by atoms with Gasteiger partial charge >= 0.3 is 5.69 Å². The molecule has 0 aliphatic carbocycles. The van der Waals surface area contributed by atoms with Crippen molar-refractivity contribution in [2.75, 3.05) is 18.4 Å². The van der Waals surface area contributed by atoms with Crippen molar-refractivity contribution in [2.45, 2.75) is 0 Å². The van der Waals surface area contributed by atoms with Gasteiger partial charge in [0.25, 0.3) is 0 Å². The maximum atomic E-state index is 10.6. The summed E-state index contributed by atoms with van der Waals surface area (Å²) >= 11 is 0. The van der Waals surface area contributed by atoms with Crippen molar-refractivity contribution in [1.82, 2.24) is 9.97 Å². The van der Waals surface area contributed by atoms with Gasteiger partial charge in [0.15, 0.2) is 0 Å². The second-order valence-corrected chi connectivity index (χ2v) is 2.00. The summed E-state index contributed by atoms with van der Waals surface area (Å²) in [5.74, 6) is 0.649. The molecule has 0 atom stereocenters. The van der Waals surface area contributed by atoms with Crippen molar-refractivity contribution in [2.24, 2.45) is 5.73 Å². The molecule has 4 N–H and O–H groups in total. The van der Waals surface area contributed by atoms with Gasteiger partial charge in [-0.1, -0.05) is 0 Å². The molecule has 1 rings (SSSR count). The molecule has 0 aliphatic heterocycles. The lowest BCUT2D eigenvalue weighted by Crippen LogP contribution is -2.17. The quantitative estimate of drug-likeness (QED) is 0.529. The zero-order valence-corrected chi connectivity index (χ0v) is 6.00. The van der Waals surface area contributed by atoms with Crippen LogP contribution in [-0.4, -0.2) is 23.1 Å². The predicted octanol–water partition coefficient (Wildman–Crippen LogP) is -0.860. The lowest BCUT2D eigenvalue weighted by Gasteiger charge is -2.01. The SMILES string of the molecule is NCCNc1ccnc(=O)[nH]1. The highest BCUT2D eigenvalue weighted by Crippen LogP contribution is 1.92. The molecule has 5 heteroatoms. The molecule has 0 aromatic carbocycles. The van der Waals surface area contributed by atoms with Gasteiger partial charge in [-0.15, -0.1) is 0 Å². The van der Waals surface area contributed by atoms with Crippen LogP contribution in [0.5, 0.6) is 0 Å². The van der Waals surface area contributed by atoms with Gasteiger partial charge in [0.05, 0.1) is 0 Å². The zero-order valence-electron chi connectivity index (χ0n) is 6.00. The summed E-state index contributed by atoms with van der Waals surface area (Å²) in [6.07, 6.45) is 1.44. The monoisotopic (exact) mass is 154 g/mol. The molecule has 0 amide bonds. The van der Waals surface area contributed by atoms with Crippen molar-refractivity contribution in [3.05, 3.63) is 22.7 Å². The Hall–Kier alpha value is -1.36. The number of anilines is 1. The average Bonchev–Trinajstić information content (AvgIpc) is 2.01. The Balaban J connectivity index is 2.64. The van der Waals surface area contributed by atoms with Crippen LogP contribution in [-0.2, 0) is 0 Å². The first kappa shape index (κ1) is 7.74. The standard InChI is InChI=1S/C6H10N4O/c7-2-4-8-5-1-3-9-6(11)10-5/h1,3H,2,4,7H2,(H2,8,9,10,11). The van der Waals surface area contributed by atoms with Crippen LogP contribution >= 0.6 is 0 Å². The minimum atomic E-state index is -0.355. The maximum Gasteiger partial charge on any atom is 0.346 e. The van der Waals surface area contributed by atoms with Crippen LogP contribution < -0.4 is 16.7 Å². The third-order valence-corrected chi connectivity index (χ3v) is 1.13. The number of hydrogen-bond donors (Lipinski definition) is 3. The largest absolute Gasteiger partial charge is 0.370 e. The number of aromatic nitrogens is 2. The molecule has 0 bridgehead atoms. The first-order valence-corrected chi connectivity index (χ1v) is 3.32. The molecule has 0 saturated heterocycles. The van der Waals surface area contributed by atoms with Gasteiger partial charge < -0.3 is 11.1 Å². The number of nitrogens with zero attached hydrogens (tertiary/aromatic N) is 1. The fourth-order valence-electron chi connectivity index (χ4n) is 0.679. The second-order valence-electron chi connectivity index (χ2n) is 2.00. The van der Waals surface area contributed by atoms with E-state index < -0.39 is 0 Å². The number of aromatic amines is 1. The normalized spacial score (nSPS) is 9.55. The molecule has 1 aromatic heterocycles. The highest BCUT2D eigenvalue weighted by atomic mass is 16.1. The summed E-state index contributed by atoms with van der Waals surface area (Å²) < 4.78 is 0. The van der Waals surface area contributed by atoms with Crippen LogP contribution in [0, 0.1) is 0 Å². The minimum Gasteiger partial charge on any atom is -0.370 e. The Morgan fingerprint density at radius 2 is 2.55 bits per heavy atom. The van der Waals surface area contributed by atoms with Gasteiger partial charge in [0.1, 0.15) is 5.82 Å². The van der Waals surface area contributed by atoms with E-state index in [0.717, 1.165) is 0 Å². The molecule has 5 nitrogen and oxygen atoms in total. The van der Waals surface area contributed by atoms with E-state index in [9.17, 15) is 4.79 Å². The lowest BCUT2D eigenvalue weighted by molar-refractivity contribution is 0.990. The van der Waals surface area contributed by atoms with Gasteiger partial charge in [0, 0.05) is 19.3 Å². The molecule has 0 radical (unpaired) electrons. The maximum absolute atomic E-state index is 10.6. The summed E-state index contributed by atoms with van der Waals surface area (Å²) in [4.78, 5) is 16.6. The lowest BCUT2D eigenvalue weighted by atomic mass is 10.5. The molecule has 0 aliphatic rings. The van der Waals surface area contributed by atoms with E-state index in [0.29, 0.717) is 18.9 Å². The Morgan fingerprint density at radius 3 is 3.18 bits per heavy atom. The number of nitrogens with two attached hydrogens (primary N) is 1. The summed E-state index contributed by atoms with van der Waals surface area (Å²) in [7, 11) is 0. The third kappa shape index (κ3) is 2.38. The first-order chi connectivity index (χ1) is 5.33. The second kappa shape index (κ2) is 3.72. The van der Waals surface area contributed by atoms with Gasteiger partial charge in [-0.25, -0.2) is 9.78 Å². The Bertz CT molecular complexity index is 269. The molecular formula is C6H10N4O. The Morgan fingerprint density at radius 1 is 1.73 bits per heavy atom. The number of H-pyrrole nitrogens is 1. The number of nitrogens with one attached hydrogen (secondary N) is 2. The molecule has 0 fully saturated rings. The van der Waals surface area contributed by atoms with Gasteiger partial charge in [-0.05, 0) is 6.07 Å². The fourth-order valence-corrected chi connectivity index (χ4v) is 0.679. The van der Waals surface area contributed by atoms with E-state index in [2.05, 4.69) is 15.3 Å². The highest BCUT2D eigenvalue weighted by Gasteiger charge is 1.89. The first-order valence-electron chi connectivity index (χ1n) is 3.32. The van der Waals surface area contributed by atoms with E-state index >= 15 is 0 Å². The van der Waals surface area contributed by atoms with Crippen molar-refractivity contribution < 1.29 is 0 Å². The van der Waals surface area contributed by atoms with Crippen molar-refractivity contribution in [3.63, 3.8) is 0 Å². The van der Waals surface area contributed by atoms with Gasteiger partial charge in [-0.2, -0.15) is 0 Å². The van der Waals surface area contributed by atoms with Crippen LogP contribution in [0.15, 0.2) is 17.1 Å². The molecule has 60 valence electrons. The number of hydrogen-bond acceptors (Lipinski definition) is 4. The summed E-state index contributed by atoms with van der Waals surface area (Å²) in [6, 6.07) is 1.68. The number of rotatable bonds is 3. The van der Waals surface area contributed by atoms with E-state index in [-0.39, 0.29) is 5.69 Å². The van der Waals surface area contributed by atoms with Crippen molar-refractivity contribution in [3.8, 4) is 0 Å². The van der Waals surface area contributed by atoms with Crippen LogP contribution in [0.25, 0.3) is 0 Å². The fraction of sp³-hybridized carbons (Fsp3) is 0.333. The third-order valence-electron chi connectivity index (χ3n) is 1.13. The van der Waals surface area contributed by atoms with Crippen molar-refractivity contribution >= 4 is 5.82 Å². The molecular weight excluding hydrogens is 144 g/mol. The van der Waals surface area contributed by atoms with Crippen LogP contribution in [0.1, 0.15) is 0 Å². The molecule has 1 heterocycles. The van der Waals surface area contributed by atoms with Crippen LogP contribution in [0.4, 0.5) is 5.82 Å². The van der Waals surface area contributed by atoms with Gasteiger partial charge in [-0.3, -0.25) is 4.98 Å². The topological polar surface area (TPSA) is 83.8 Å². The zero-order chi connectivity index (χ0) is 8.10. The average molecular weight is 154 g/mol. The van der Waals surface area contributed by atoms with E-state index in [1.54, 1.807) is 6.07 Å². The smallest absolute Gasteiger partial charge is 0.346 e. The predicted molar refractivity (Wildman–Crippen MR) is 42.4 cm³/mol. The van der Waals surface area contributed by atoms with Gasteiger partial charge in [0.2, 0.25) is 0 Å². The van der Waals surface area contributed by atoms with Crippen LogP contribution in [0.2, 0.25) is 0 Å². The summed E-state index contributed by atoms with van der Waals surface area (Å²) in [6.45, 7) is 1.17. The Labute approximate surface area is 63.7 Å². The molecule has 0 spiro atoms. The molecule has 11 heavy (non-hydrogen) atoms. The minimum absolute atomic E-state index is 0.355. The highest BCUT2D eigenvalue weighted by molar-refractivity contribution is 5.31. The molecule has 1 aromatic rings. The van der Waals surface area contributed by atoms with Crippen molar-refractivity contribution in [1.29, 1.82) is 0 Å². The molecule has 0 saturated carbocycles. The summed E-state index contributed by atoms with van der Waals surface area (Å²) in [5, 5.41) is 2.91. The van der Waals surface area contributed by atoms with E-state index in [4.69, 9.17) is 5.73 Å². The van der Waals surface area contributed by atoms with Crippen LogP contribution in [0.3, 0.4) is 0 Å². The van der Waals surface area contributed by atoms with E-state index in [1.165, 1.54) is 6.20 Å². The molecule has 0 unspecified atom stereocenters.